The van der Waals surface area contributed by atoms with Gasteiger partial charge in [0.15, 0.2) is 15.6 Å². The van der Waals surface area contributed by atoms with E-state index in [2.05, 4.69) is 30.9 Å². The number of sulfone groups is 1. The predicted octanol–water partition coefficient (Wildman–Crippen LogP) is 4.73. The lowest BCUT2D eigenvalue weighted by molar-refractivity contribution is 0.0649. The van der Waals surface area contributed by atoms with E-state index in [1.54, 1.807) is 4.90 Å². The van der Waals surface area contributed by atoms with Gasteiger partial charge >= 0.3 is 0 Å². The van der Waals surface area contributed by atoms with Gasteiger partial charge in [-0.3, -0.25) is 4.79 Å². The van der Waals surface area contributed by atoms with Crippen LogP contribution in [-0.4, -0.2) is 49.9 Å². The molecule has 1 atom stereocenters. The molecule has 1 amide bonds. The molecule has 4 rings (SSSR count). The summed E-state index contributed by atoms with van der Waals surface area (Å²) in [6.07, 6.45) is 0.448. The van der Waals surface area contributed by atoms with Crippen molar-refractivity contribution in [2.24, 2.45) is 0 Å². The summed E-state index contributed by atoms with van der Waals surface area (Å²) >= 11 is 0. The summed E-state index contributed by atoms with van der Waals surface area (Å²) in [6.45, 7) is 10.3. The van der Waals surface area contributed by atoms with E-state index in [1.165, 1.54) is 0 Å². The molecule has 7 heteroatoms. The fourth-order valence-electron chi connectivity index (χ4n) is 4.65. The number of nitrogens with zero attached hydrogens (tertiary/aromatic N) is 2. The highest BCUT2D eigenvalue weighted by Crippen LogP contribution is 2.30. The van der Waals surface area contributed by atoms with Crippen molar-refractivity contribution in [2.45, 2.75) is 46.7 Å². The molecular weight excluding hydrogens is 436 g/mol. The first-order valence-corrected chi connectivity index (χ1v) is 13.4. The van der Waals surface area contributed by atoms with Gasteiger partial charge in [0.1, 0.15) is 5.58 Å². The number of carbonyl (C=O) groups excluding carboxylic acids is 1. The summed E-state index contributed by atoms with van der Waals surface area (Å²) in [5.74, 6) is 0.144. The van der Waals surface area contributed by atoms with Gasteiger partial charge < -0.3 is 14.2 Å². The first kappa shape index (κ1) is 23.4. The average molecular weight is 469 g/mol. The first-order valence-electron chi connectivity index (χ1n) is 11.6. The maximum atomic E-state index is 13.7. The molecule has 176 valence electrons. The van der Waals surface area contributed by atoms with Crippen molar-refractivity contribution in [1.29, 1.82) is 0 Å². The molecule has 1 saturated heterocycles. The third-order valence-electron chi connectivity index (χ3n) is 6.62. The Hall–Kier alpha value is -2.80. The Morgan fingerprint density at radius 2 is 1.76 bits per heavy atom. The van der Waals surface area contributed by atoms with Gasteiger partial charge in [0, 0.05) is 42.3 Å². The number of hydrogen-bond acceptors (Lipinski definition) is 5. The van der Waals surface area contributed by atoms with Gasteiger partial charge in [0.2, 0.25) is 0 Å². The molecule has 1 aliphatic heterocycles. The number of carbonyl (C=O) groups is 1. The van der Waals surface area contributed by atoms with Crippen LogP contribution in [0.15, 0.2) is 46.9 Å². The number of furan rings is 1. The van der Waals surface area contributed by atoms with E-state index in [1.807, 2.05) is 44.2 Å². The van der Waals surface area contributed by atoms with Crippen LogP contribution in [0, 0.1) is 13.8 Å². The minimum absolute atomic E-state index is 0.00530. The fourth-order valence-corrected chi connectivity index (χ4v) is 6.38. The van der Waals surface area contributed by atoms with Crippen LogP contribution in [0.2, 0.25) is 0 Å². The molecule has 1 aromatic heterocycles. The van der Waals surface area contributed by atoms with Crippen molar-refractivity contribution in [3.8, 4) is 0 Å². The molecule has 0 N–H and O–H groups in total. The monoisotopic (exact) mass is 468 g/mol. The fraction of sp³-hybridized carbons (Fsp3) is 0.423. The lowest BCUT2D eigenvalue weighted by atomic mass is 10.1. The minimum Gasteiger partial charge on any atom is -0.451 e. The predicted molar refractivity (Wildman–Crippen MR) is 133 cm³/mol. The van der Waals surface area contributed by atoms with Crippen LogP contribution in [0.1, 0.15) is 47.5 Å². The maximum absolute atomic E-state index is 13.7. The second-order valence-electron chi connectivity index (χ2n) is 8.88. The van der Waals surface area contributed by atoms with Crippen LogP contribution in [0.3, 0.4) is 0 Å². The van der Waals surface area contributed by atoms with Crippen molar-refractivity contribution in [3.63, 3.8) is 0 Å². The Bertz CT molecular complexity index is 1260. The van der Waals surface area contributed by atoms with Gasteiger partial charge in [0.25, 0.3) is 5.91 Å². The zero-order chi connectivity index (χ0) is 23.8. The minimum atomic E-state index is -3.14. The number of amides is 1. The Labute approximate surface area is 196 Å². The molecule has 2 aromatic carbocycles. The SMILES string of the molecule is CCN(CC)c1ccc(CN(C(=O)c2oc3cc(C)ccc3c2C)C2CCS(=O)(=O)C2)cc1. The van der Waals surface area contributed by atoms with Crippen LogP contribution in [0.5, 0.6) is 0 Å². The molecule has 0 spiro atoms. The molecule has 1 fully saturated rings. The molecule has 0 bridgehead atoms. The van der Waals surface area contributed by atoms with Crippen molar-refractivity contribution in [3.05, 3.63) is 64.9 Å². The van der Waals surface area contributed by atoms with E-state index in [0.29, 0.717) is 24.3 Å². The molecule has 33 heavy (non-hydrogen) atoms. The van der Waals surface area contributed by atoms with E-state index >= 15 is 0 Å². The third kappa shape index (κ3) is 4.78. The zero-order valence-electron chi connectivity index (χ0n) is 19.8. The van der Waals surface area contributed by atoms with Gasteiger partial charge in [-0.1, -0.05) is 24.3 Å². The molecule has 2 heterocycles. The van der Waals surface area contributed by atoms with Gasteiger partial charge in [-0.25, -0.2) is 8.42 Å². The number of hydrogen-bond donors (Lipinski definition) is 0. The van der Waals surface area contributed by atoms with E-state index in [0.717, 1.165) is 40.9 Å². The van der Waals surface area contributed by atoms with Crippen molar-refractivity contribution in [2.75, 3.05) is 29.5 Å². The van der Waals surface area contributed by atoms with E-state index in [9.17, 15) is 13.2 Å². The summed E-state index contributed by atoms with van der Waals surface area (Å²) in [5, 5.41) is 0.909. The molecule has 0 aliphatic carbocycles. The van der Waals surface area contributed by atoms with Gasteiger partial charge in [-0.15, -0.1) is 0 Å². The molecule has 1 aliphatic rings. The highest BCUT2D eigenvalue weighted by atomic mass is 32.2. The Balaban J connectivity index is 1.67. The van der Waals surface area contributed by atoms with E-state index in [-0.39, 0.29) is 23.5 Å². The summed E-state index contributed by atoms with van der Waals surface area (Å²) in [4.78, 5) is 17.7. The maximum Gasteiger partial charge on any atom is 0.290 e. The molecule has 0 radical (unpaired) electrons. The zero-order valence-corrected chi connectivity index (χ0v) is 20.6. The van der Waals surface area contributed by atoms with Crippen LogP contribution < -0.4 is 4.90 Å². The lowest BCUT2D eigenvalue weighted by Crippen LogP contribution is -2.40. The second kappa shape index (κ2) is 9.21. The number of aryl methyl sites for hydroxylation is 2. The molecule has 1 unspecified atom stereocenters. The van der Waals surface area contributed by atoms with Crippen molar-refractivity contribution < 1.29 is 17.6 Å². The van der Waals surface area contributed by atoms with Crippen LogP contribution in [0.25, 0.3) is 11.0 Å². The Morgan fingerprint density at radius 3 is 2.36 bits per heavy atom. The number of benzene rings is 2. The lowest BCUT2D eigenvalue weighted by Gasteiger charge is -2.28. The molecule has 0 saturated carbocycles. The number of anilines is 1. The smallest absolute Gasteiger partial charge is 0.290 e. The van der Waals surface area contributed by atoms with E-state index < -0.39 is 9.84 Å². The summed E-state index contributed by atoms with van der Waals surface area (Å²) in [7, 11) is -3.14. The standard InChI is InChI=1S/C26H32N2O4S/c1-5-27(6-2)21-10-8-20(9-11-21)16-28(22-13-14-33(30,31)17-22)26(29)25-19(4)23-12-7-18(3)15-24(23)32-25/h7-12,15,22H,5-6,13-14,16-17H2,1-4H3. The number of rotatable bonds is 7. The molecule has 6 nitrogen and oxygen atoms in total. The quantitative estimate of drug-likeness (QED) is 0.502. The van der Waals surface area contributed by atoms with Crippen LogP contribution in [-0.2, 0) is 16.4 Å². The second-order valence-corrected chi connectivity index (χ2v) is 11.1. The third-order valence-corrected chi connectivity index (χ3v) is 8.37. The average Bonchev–Trinajstić information content (AvgIpc) is 3.32. The van der Waals surface area contributed by atoms with Crippen molar-refractivity contribution in [1.82, 2.24) is 4.90 Å². The van der Waals surface area contributed by atoms with Crippen LogP contribution in [0.4, 0.5) is 5.69 Å². The van der Waals surface area contributed by atoms with Gasteiger partial charge in [-0.2, -0.15) is 0 Å². The first-order chi connectivity index (χ1) is 15.7. The normalized spacial score (nSPS) is 17.4. The summed E-state index contributed by atoms with van der Waals surface area (Å²) in [6, 6.07) is 13.7. The highest BCUT2D eigenvalue weighted by Gasteiger charge is 2.36. The van der Waals surface area contributed by atoms with Gasteiger partial charge in [-0.05, 0) is 63.4 Å². The van der Waals surface area contributed by atoms with E-state index in [4.69, 9.17) is 4.42 Å². The summed E-state index contributed by atoms with van der Waals surface area (Å²) < 4.78 is 30.4. The largest absolute Gasteiger partial charge is 0.451 e. The van der Waals surface area contributed by atoms with Crippen LogP contribution >= 0.6 is 0 Å². The summed E-state index contributed by atoms with van der Waals surface area (Å²) in [5.41, 5.74) is 4.63. The molecular formula is C26H32N2O4S. The Morgan fingerprint density at radius 1 is 1.06 bits per heavy atom. The number of fused-ring (bicyclic) bond motifs is 1. The Kier molecular flexibility index (Phi) is 6.52. The molecule has 3 aromatic rings. The topological polar surface area (TPSA) is 70.8 Å². The van der Waals surface area contributed by atoms with Crippen molar-refractivity contribution >= 4 is 32.4 Å². The highest BCUT2D eigenvalue weighted by molar-refractivity contribution is 7.91. The van der Waals surface area contributed by atoms with Gasteiger partial charge in [0.05, 0.1) is 11.5 Å².